The summed E-state index contributed by atoms with van der Waals surface area (Å²) < 4.78 is 1.87. The summed E-state index contributed by atoms with van der Waals surface area (Å²) in [6, 6.07) is 0. The fourth-order valence-corrected chi connectivity index (χ4v) is 1.81. The maximum absolute atomic E-state index is 11.1. The van der Waals surface area contributed by atoms with Gasteiger partial charge in [-0.25, -0.2) is 0 Å². The third-order valence-corrected chi connectivity index (χ3v) is 3.36. The van der Waals surface area contributed by atoms with Crippen molar-refractivity contribution in [3.05, 3.63) is 24.3 Å². The van der Waals surface area contributed by atoms with Gasteiger partial charge < -0.3 is 41.9 Å². The number of amides is 2. The van der Waals surface area contributed by atoms with E-state index < -0.39 is 5.97 Å². The molecule has 0 atom stereocenters. The smallest absolute Gasteiger partial charge is 0.246 e. The number of carboxylic acid groups (broad SMARTS) is 1. The molecule has 0 bridgehead atoms. The quantitative estimate of drug-likeness (QED) is 0.209. The summed E-state index contributed by atoms with van der Waals surface area (Å²) >= 11 is 0. The molecule has 0 aromatic heterocycles. The first-order valence-corrected chi connectivity index (χ1v) is 10.0. The summed E-state index contributed by atoms with van der Waals surface area (Å²) in [5.74, 6) is -1.16. The van der Waals surface area contributed by atoms with Gasteiger partial charge in [-0.2, -0.15) is 0 Å². The summed E-state index contributed by atoms with van der Waals surface area (Å²) in [6.45, 7) is 15.1. The fraction of sp³-hybridized carbons (Fsp3) is 0.682. The van der Waals surface area contributed by atoms with Gasteiger partial charge in [-0.3, -0.25) is 9.59 Å². The van der Waals surface area contributed by atoms with Crippen molar-refractivity contribution in [2.45, 2.75) is 33.6 Å². The van der Waals surface area contributed by atoms with Crippen LogP contribution in [0, 0.1) is 0 Å². The second kappa shape index (κ2) is 18.8. The Morgan fingerprint density at radius 3 is 1.10 bits per heavy atom. The van der Waals surface area contributed by atoms with E-state index in [-0.39, 0.29) is 24.2 Å². The number of aliphatic carboxylic acids is 1. The molecule has 2 amide bonds. The number of nitrogens with one attached hydrogen (secondary N) is 2. The third-order valence-electron chi connectivity index (χ3n) is 3.36. The van der Waals surface area contributed by atoms with E-state index in [4.69, 9.17) is 9.90 Å². The predicted octanol–water partition coefficient (Wildman–Crippen LogP) is -2.69. The van der Waals surface area contributed by atoms with Crippen molar-refractivity contribution in [2.24, 2.45) is 0 Å². The highest BCUT2D eigenvalue weighted by Crippen LogP contribution is 1.93. The Morgan fingerprint density at radius 1 is 0.710 bits per heavy atom. The molecule has 8 nitrogen and oxygen atoms in total. The van der Waals surface area contributed by atoms with Crippen LogP contribution in [0.5, 0.6) is 0 Å². The summed E-state index contributed by atoms with van der Waals surface area (Å²) in [4.78, 5) is 31.0. The van der Waals surface area contributed by atoms with Gasteiger partial charge in [0.15, 0.2) is 0 Å². The summed E-state index contributed by atoms with van der Waals surface area (Å²) in [5, 5.41) is 14.5. The highest BCUT2D eigenvalue weighted by molar-refractivity contribution is 5.92. The first-order valence-electron chi connectivity index (χ1n) is 10.0. The first-order chi connectivity index (χ1) is 13.4. The van der Waals surface area contributed by atoms with Crippen molar-refractivity contribution >= 4 is 17.8 Å². The lowest BCUT2D eigenvalue weighted by Gasteiger charge is -2.23. The Hall–Kier alpha value is -1.90. The van der Waals surface area contributed by atoms with Crippen LogP contribution in [0.2, 0.25) is 0 Å². The zero-order valence-corrected chi connectivity index (χ0v) is 21.8. The minimum atomic E-state index is -1.08. The molecule has 0 aromatic carbocycles. The number of carbonyl (C=O) groups excluding carboxylic acids is 3. The number of carbonyl (C=O) groups is 3. The SMILES string of the molecule is C=C(C)C(=O)NCCC[N+](C)(C)C.C=C(C)C(=O)NCCC[N+](C)(C)C.CC(=O)[O-].[Cl-]. The van der Waals surface area contributed by atoms with Gasteiger partial charge in [-0.15, -0.1) is 0 Å². The number of quaternary nitrogens is 2. The van der Waals surface area contributed by atoms with Crippen molar-refractivity contribution in [1.82, 2.24) is 10.6 Å². The van der Waals surface area contributed by atoms with Gasteiger partial charge in [0.2, 0.25) is 11.8 Å². The van der Waals surface area contributed by atoms with Crippen LogP contribution in [-0.2, 0) is 14.4 Å². The van der Waals surface area contributed by atoms with Crippen LogP contribution >= 0.6 is 0 Å². The van der Waals surface area contributed by atoms with E-state index >= 15 is 0 Å². The average molecular weight is 465 g/mol. The standard InChI is InChI=1S/2C10H20N2O.C2H4O2.ClH/c2*1-9(2)10(13)11-7-6-8-12(3,4)5;1-2(3)4;/h2*1,6-8H2,2-5H3;1H3,(H,3,4);1H. The molecule has 0 saturated carbocycles. The van der Waals surface area contributed by atoms with E-state index in [0.29, 0.717) is 11.1 Å². The number of hydrogen-bond donors (Lipinski definition) is 2. The van der Waals surface area contributed by atoms with E-state index in [2.05, 4.69) is 66.1 Å². The van der Waals surface area contributed by atoms with Crippen molar-refractivity contribution in [3.8, 4) is 0 Å². The van der Waals surface area contributed by atoms with Crippen molar-refractivity contribution < 1.29 is 40.9 Å². The highest BCUT2D eigenvalue weighted by atomic mass is 35.5. The largest absolute Gasteiger partial charge is 1.00 e. The topological polar surface area (TPSA) is 98.3 Å². The molecule has 0 heterocycles. The molecule has 0 aliphatic carbocycles. The zero-order valence-electron chi connectivity index (χ0n) is 21.1. The average Bonchev–Trinajstić information content (AvgIpc) is 2.53. The van der Waals surface area contributed by atoms with E-state index in [1.54, 1.807) is 13.8 Å². The fourth-order valence-electron chi connectivity index (χ4n) is 1.81. The summed E-state index contributed by atoms with van der Waals surface area (Å²) in [7, 11) is 12.8. The predicted molar refractivity (Wildman–Crippen MR) is 121 cm³/mol. The Bertz CT molecular complexity index is 517. The van der Waals surface area contributed by atoms with E-state index in [0.717, 1.165) is 54.9 Å². The van der Waals surface area contributed by atoms with Gasteiger partial charge >= 0.3 is 0 Å². The van der Waals surface area contributed by atoms with Gasteiger partial charge in [-0.1, -0.05) is 13.2 Å². The van der Waals surface area contributed by atoms with Crippen molar-refractivity contribution in [2.75, 3.05) is 68.5 Å². The number of hydrogen-bond acceptors (Lipinski definition) is 4. The number of rotatable bonds is 10. The molecule has 9 heteroatoms. The minimum Gasteiger partial charge on any atom is -1.00 e. The van der Waals surface area contributed by atoms with Gasteiger partial charge in [0.1, 0.15) is 0 Å². The Morgan fingerprint density at radius 2 is 0.935 bits per heavy atom. The molecule has 0 aliphatic rings. The van der Waals surface area contributed by atoms with Crippen LogP contribution in [-0.4, -0.2) is 95.2 Å². The van der Waals surface area contributed by atoms with Crippen LogP contribution in [0.3, 0.4) is 0 Å². The second-order valence-electron chi connectivity index (χ2n) is 9.30. The molecular formula is C22H45ClN4O4. The maximum Gasteiger partial charge on any atom is 0.246 e. The van der Waals surface area contributed by atoms with Gasteiger partial charge in [-0.05, 0) is 20.8 Å². The molecule has 31 heavy (non-hydrogen) atoms. The lowest BCUT2D eigenvalue weighted by atomic mass is 10.3. The highest BCUT2D eigenvalue weighted by Gasteiger charge is 2.07. The monoisotopic (exact) mass is 464 g/mol. The van der Waals surface area contributed by atoms with E-state index in [9.17, 15) is 9.59 Å². The molecule has 0 fully saturated rings. The zero-order chi connectivity index (χ0) is 24.5. The molecule has 0 rings (SSSR count). The maximum atomic E-state index is 11.1. The lowest BCUT2D eigenvalue weighted by Crippen LogP contribution is -3.00. The van der Waals surface area contributed by atoms with E-state index in [1.807, 2.05) is 0 Å². The van der Waals surface area contributed by atoms with E-state index in [1.165, 1.54) is 0 Å². The van der Waals surface area contributed by atoms with Crippen LogP contribution in [0.4, 0.5) is 0 Å². The molecule has 184 valence electrons. The molecule has 0 unspecified atom stereocenters. The van der Waals surface area contributed by atoms with Crippen LogP contribution in [0.15, 0.2) is 24.3 Å². The molecular weight excluding hydrogens is 420 g/mol. The minimum absolute atomic E-state index is 0. The molecule has 0 spiro atoms. The molecule has 2 N–H and O–H groups in total. The lowest BCUT2D eigenvalue weighted by molar-refractivity contribution is -0.870. The van der Waals surface area contributed by atoms with Crippen LogP contribution in [0.1, 0.15) is 33.6 Å². The normalized spacial score (nSPS) is 10.1. The van der Waals surface area contributed by atoms with Crippen molar-refractivity contribution in [1.29, 1.82) is 0 Å². The Balaban J connectivity index is -0.000000195. The number of halogens is 1. The molecule has 0 saturated heterocycles. The third kappa shape index (κ3) is 39.2. The number of carboxylic acids is 1. The van der Waals surface area contributed by atoms with Gasteiger partial charge in [0.25, 0.3) is 0 Å². The number of nitrogens with zero attached hydrogens (tertiary/aromatic N) is 2. The van der Waals surface area contributed by atoms with Crippen molar-refractivity contribution in [3.63, 3.8) is 0 Å². The summed E-state index contributed by atoms with van der Waals surface area (Å²) in [6.07, 6.45) is 2.00. The summed E-state index contributed by atoms with van der Waals surface area (Å²) in [5.41, 5.74) is 1.15. The first kappa shape index (κ1) is 36.5. The molecule has 0 aromatic rings. The molecule has 0 radical (unpaired) electrons. The Labute approximate surface area is 196 Å². The van der Waals surface area contributed by atoms with Crippen LogP contribution < -0.4 is 28.1 Å². The Kier molecular flexibility index (Phi) is 22.2. The second-order valence-corrected chi connectivity index (χ2v) is 9.30. The van der Waals surface area contributed by atoms with Gasteiger partial charge in [0, 0.05) is 43.0 Å². The molecule has 0 aliphatic heterocycles. The van der Waals surface area contributed by atoms with Gasteiger partial charge in [0.05, 0.1) is 55.4 Å². The van der Waals surface area contributed by atoms with Crippen LogP contribution in [0.25, 0.3) is 0 Å².